The topological polar surface area (TPSA) is 38.1 Å². The lowest BCUT2D eigenvalue weighted by atomic mass is 10.0. The zero-order valence-electron chi connectivity index (χ0n) is 12.2. The maximum Gasteiger partial charge on any atom is 0.276 e. The third kappa shape index (κ3) is 2.44. The van der Waals surface area contributed by atoms with E-state index in [0.717, 1.165) is 24.1 Å². The van der Waals surface area contributed by atoms with Gasteiger partial charge in [0.2, 0.25) is 0 Å². The van der Waals surface area contributed by atoms with E-state index in [2.05, 4.69) is 5.10 Å². The number of carbonyl (C=O) groups is 1. The molecule has 0 radical (unpaired) electrons. The third-order valence-corrected chi connectivity index (χ3v) is 4.10. The minimum atomic E-state index is -0.0322. The van der Waals surface area contributed by atoms with Crippen LogP contribution in [0, 0.1) is 0 Å². The summed E-state index contributed by atoms with van der Waals surface area (Å²) < 4.78 is 1.76. The first-order valence-corrected chi connectivity index (χ1v) is 7.60. The van der Waals surface area contributed by atoms with Crippen molar-refractivity contribution in [2.24, 2.45) is 0 Å². The molecular weight excluding hydrogens is 286 g/mol. The smallest absolute Gasteiger partial charge is 0.276 e. The van der Waals surface area contributed by atoms with Crippen LogP contribution < -0.4 is 4.90 Å². The largest absolute Gasteiger partial charge is 0.305 e. The standard InChI is InChI=1S/C16H18ClN3O/c1-11(2)20-14(8-9-18-20)16(21)19-10-4-6-12-5-3-7-13(17)15(12)19/h3,5,7-9,11H,4,6,10H2,1-2H3. The van der Waals surface area contributed by atoms with Crippen molar-refractivity contribution in [3.8, 4) is 0 Å². The number of para-hydroxylation sites is 1. The van der Waals surface area contributed by atoms with Crippen LogP contribution in [0.2, 0.25) is 5.02 Å². The number of halogens is 1. The Morgan fingerprint density at radius 1 is 1.33 bits per heavy atom. The molecule has 1 aromatic carbocycles. The van der Waals surface area contributed by atoms with Gasteiger partial charge in [0.05, 0.1) is 10.7 Å². The summed E-state index contributed by atoms with van der Waals surface area (Å²) in [6, 6.07) is 7.74. The van der Waals surface area contributed by atoms with Gasteiger partial charge in [-0.25, -0.2) is 0 Å². The van der Waals surface area contributed by atoms with Gasteiger partial charge in [0.15, 0.2) is 0 Å². The van der Waals surface area contributed by atoms with Gasteiger partial charge in [-0.15, -0.1) is 0 Å². The van der Waals surface area contributed by atoms with E-state index in [1.54, 1.807) is 21.8 Å². The Kier molecular flexibility index (Phi) is 3.72. The average molecular weight is 304 g/mol. The molecule has 0 aliphatic carbocycles. The molecule has 0 bridgehead atoms. The van der Waals surface area contributed by atoms with Crippen LogP contribution in [0.4, 0.5) is 5.69 Å². The summed E-state index contributed by atoms with van der Waals surface area (Å²) in [7, 11) is 0. The number of amides is 1. The molecule has 110 valence electrons. The minimum absolute atomic E-state index is 0.0322. The number of aryl methyl sites for hydroxylation is 1. The van der Waals surface area contributed by atoms with Crippen molar-refractivity contribution in [3.05, 3.63) is 46.7 Å². The van der Waals surface area contributed by atoms with Crippen LogP contribution in [0.1, 0.15) is 42.4 Å². The fraction of sp³-hybridized carbons (Fsp3) is 0.375. The van der Waals surface area contributed by atoms with Gasteiger partial charge in [-0.05, 0) is 44.4 Å². The first-order valence-electron chi connectivity index (χ1n) is 7.22. The molecule has 5 heteroatoms. The number of fused-ring (bicyclic) bond motifs is 1. The number of carbonyl (C=O) groups excluding carboxylic acids is 1. The van der Waals surface area contributed by atoms with Crippen LogP contribution >= 0.6 is 11.6 Å². The van der Waals surface area contributed by atoms with E-state index in [1.165, 1.54) is 0 Å². The number of aromatic nitrogens is 2. The van der Waals surface area contributed by atoms with Crippen molar-refractivity contribution in [2.75, 3.05) is 11.4 Å². The summed E-state index contributed by atoms with van der Waals surface area (Å²) in [4.78, 5) is 14.7. The summed E-state index contributed by atoms with van der Waals surface area (Å²) in [6.45, 7) is 4.72. The summed E-state index contributed by atoms with van der Waals surface area (Å²) in [6.07, 6.45) is 3.59. The number of nitrogens with zero attached hydrogens (tertiary/aromatic N) is 3. The van der Waals surface area contributed by atoms with Crippen molar-refractivity contribution in [2.45, 2.75) is 32.7 Å². The maximum absolute atomic E-state index is 12.9. The number of rotatable bonds is 2. The van der Waals surface area contributed by atoms with E-state index < -0.39 is 0 Å². The molecule has 2 heterocycles. The second kappa shape index (κ2) is 5.53. The van der Waals surface area contributed by atoms with Crippen LogP contribution in [0.5, 0.6) is 0 Å². The molecule has 3 rings (SSSR count). The van der Waals surface area contributed by atoms with Crippen LogP contribution in [-0.2, 0) is 6.42 Å². The lowest BCUT2D eigenvalue weighted by molar-refractivity contribution is 0.0973. The Morgan fingerprint density at radius 2 is 2.14 bits per heavy atom. The van der Waals surface area contributed by atoms with Crippen molar-refractivity contribution in [1.82, 2.24) is 9.78 Å². The highest BCUT2D eigenvalue weighted by molar-refractivity contribution is 6.34. The molecule has 21 heavy (non-hydrogen) atoms. The van der Waals surface area contributed by atoms with Crippen molar-refractivity contribution in [3.63, 3.8) is 0 Å². The zero-order valence-corrected chi connectivity index (χ0v) is 13.0. The molecule has 1 aliphatic rings. The predicted molar refractivity (Wildman–Crippen MR) is 84.1 cm³/mol. The van der Waals surface area contributed by atoms with E-state index in [4.69, 9.17) is 11.6 Å². The van der Waals surface area contributed by atoms with Gasteiger partial charge in [-0.2, -0.15) is 5.10 Å². The van der Waals surface area contributed by atoms with Crippen molar-refractivity contribution < 1.29 is 4.79 Å². The van der Waals surface area contributed by atoms with Gasteiger partial charge in [-0.1, -0.05) is 23.7 Å². The quantitative estimate of drug-likeness (QED) is 0.848. The second-order valence-electron chi connectivity index (χ2n) is 5.56. The van der Waals surface area contributed by atoms with Gasteiger partial charge in [-0.3, -0.25) is 9.48 Å². The van der Waals surface area contributed by atoms with E-state index in [9.17, 15) is 4.79 Å². The first-order chi connectivity index (χ1) is 10.1. The maximum atomic E-state index is 12.9. The molecule has 0 atom stereocenters. The third-order valence-electron chi connectivity index (χ3n) is 3.79. The summed E-state index contributed by atoms with van der Waals surface area (Å²) >= 11 is 6.33. The Bertz CT molecular complexity index is 678. The molecule has 0 spiro atoms. The Hall–Kier alpha value is -1.81. The minimum Gasteiger partial charge on any atom is -0.305 e. The van der Waals surface area contributed by atoms with Crippen LogP contribution in [0.15, 0.2) is 30.5 Å². The highest BCUT2D eigenvalue weighted by Crippen LogP contribution is 2.35. The molecular formula is C16H18ClN3O. The molecule has 1 aromatic heterocycles. The molecule has 0 unspecified atom stereocenters. The monoisotopic (exact) mass is 303 g/mol. The Morgan fingerprint density at radius 3 is 2.90 bits per heavy atom. The zero-order chi connectivity index (χ0) is 15.0. The van der Waals surface area contributed by atoms with Gasteiger partial charge >= 0.3 is 0 Å². The average Bonchev–Trinajstić information content (AvgIpc) is 2.96. The summed E-state index contributed by atoms with van der Waals surface area (Å²) in [5.41, 5.74) is 2.60. The number of benzene rings is 1. The molecule has 2 aromatic rings. The van der Waals surface area contributed by atoms with Gasteiger partial charge in [0, 0.05) is 18.8 Å². The van der Waals surface area contributed by atoms with Crippen molar-refractivity contribution in [1.29, 1.82) is 0 Å². The van der Waals surface area contributed by atoms with E-state index in [0.29, 0.717) is 17.3 Å². The van der Waals surface area contributed by atoms with Crippen molar-refractivity contribution >= 4 is 23.2 Å². The fourth-order valence-corrected chi connectivity index (χ4v) is 3.14. The van der Waals surface area contributed by atoms with Crippen LogP contribution in [-0.4, -0.2) is 22.2 Å². The van der Waals surface area contributed by atoms with Gasteiger partial charge < -0.3 is 4.90 Å². The Labute approximate surface area is 129 Å². The predicted octanol–water partition coefficient (Wildman–Crippen LogP) is 3.71. The number of anilines is 1. The van der Waals surface area contributed by atoms with E-state index >= 15 is 0 Å². The molecule has 0 saturated carbocycles. The van der Waals surface area contributed by atoms with Crippen LogP contribution in [0.3, 0.4) is 0 Å². The van der Waals surface area contributed by atoms with E-state index in [1.807, 2.05) is 32.0 Å². The number of hydrogen-bond donors (Lipinski definition) is 0. The van der Waals surface area contributed by atoms with E-state index in [-0.39, 0.29) is 11.9 Å². The summed E-state index contributed by atoms with van der Waals surface area (Å²) in [5.74, 6) is -0.0322. The normalized spacial score (nSPS) is 14.4. The summed E-state index contributed by atoms with van der Waals surface area (Å²) in [5, 5.41) is 4.88. The SMILES string of the molecule is CC(C)n1nccc1C(=O)N1CCCc2cccc(Cl)c21. The lowest BCUT2D eigenvalue weighted by Gasteiger charge is -2.30. The van der Waals surface area contributed by atoms with Crippen LogP contribution in [0.25, 0.3) is 0 Å². The molecule has 0 saturated heterocycles. The highest BCUT2D eigenvalue weighted by Gasteiger charge is 2.27. The Balaban J connectivity index is 2.03. The van der Waals surface area contributed by atoms with Gasteiger partial charge in [0.25, 0.3) is 5.91 Å². The number of hydrogen-bond acceptors (Lipinski definition) is 2. The molecule has 1 aliphatic heterocycles. The molecule has 1 amide bonds. The molecule has 0 fully saturated rings. The van der Waals surface area contributed by atoms with Gasteiger partial charge in [0.1, 0.15) is 5.69 Å². The lowest BCUT2D eigenvalue weighted by Crippen LogP contribution is -2.37. The fourth-order valence-electron chi connectivity index (χ4n) is 2.84. The first kappa shape index (κ1) is 14.1. The molecule has 0 N–H and O–H groups in total. The highest BCUT2D eigenvalue weighted by atomic mass is 35.5. The molecule has 4 nitrogen and oxygen atoms in total. The second-order valence-corrected chi connectivity index (χ2v) is 5.97.